The summed E-state index contributed by atoms with van der Waals surface area (Å²) in [6, 6.07) is 10.3. The number of nitrogens with zero attached hydrogens (tertiary/aromatic N) is 2. The lowest BCUT2D eigenvalue weighted by Crippen LogP contribution is -2.02. The standard InChI is InChI=1S/C13H12N2S2.C2H6/c1-16-13(17-2)10(8-14)12-7-9-5-3-4-6-11(9)15-12;1-2/h3-6H,7H2,1-2H3;1-2H3. The Morgan fingerprint density at radius 2 is 1.84 bits per heavy atom. The minimum Gasteiger partial charge on any atom is -0.251 e. The average Bonchev–Trinajstić information content (AvgIpc) is 2.90. The maximum absolute atomic E-state index is 9.28. The van der Waals surface area contributed by atoms with Gasteiger partial charge in [-0.1, -0.05) is 32.0 Å². The zero-order chi connectivity index (χ0) is 14.3. The number of nitriles is 1. The third-order valence-electron chi connectivity index (χ3n) is 2.58. The Morgan fingerprint density at radius 1 is 1.21 bits per heavy atom. The molecule has 0 atom stereocenters. The van der Waals surface area contributed by atoms with Crippen LogP contribution in [0, 0.1) is 11.3 Å². The molecule has 0 spiro atoms. The molecular formula is C15H18N2S2. The molecule has 0 aliphatic carbocycles. The van der Waals surface area contributed by atoms with E-state index in [0.29, 0.717) is 0 Å². The number of hydrogen-bond acceptors (Lipinski definition) is 4. The van der Waals surface area contributed by atoms with Crippen molar-refractivity contribution in [2.45, 2.75) is 20.3 Å². The molecular weight excluding hydrogens is 272 g/mol. The molecule has 0 saturated carbocycles. The van der Waals surface area contributed by atoms with Crippen LogP contribution in [0.15, 0.2) is 39.1 Å². The topological polar surface area (TPSA) is 36.1 Å². The molecule has 4 heteroatoms. The van der Waals surface area contributed by atoms with E-state index in [-0.39, 0.29) is 0 Å². The lowest BCUT2D eigenvalue weighted by molar-refractivity contribution is 1.39. The molecule has 1 aromatic rings. The summed E-state index contributed by atoms with van der Waals surface area (Å²) < 4.78 is 1.04. The summed E-state index contributed by atoms with van der Waals surface area (Å²) in [5.41, 5.74) is 3.82. The summed E-state index contributed by atoms with van der Waals surface area (Å²) in [5.74, 6) is 0. The summed E-state index contributed by atoms with van der Waals surface area (Å²) >= 11 is 3.21. The van der Waals surface area contributed by atoms with Crippen LogP contribution in [0.4, 0.5) is 5.69 Å². The lowest BCUT2D eigenvalue weighted by atomic mass is 10.1. The van der Waals surface area contributed by atoms with Gasteiger partial charge in [0.25, 0.3) is 0 Å². The predicted molar refractivity (Wildman–Crippen MR) is 88.3 cm³/mol. The Balaban J connectivity index is 0.000000861. The first-order chi connectivity index (χ1) is 9.30. The summed E-state index contributed by atoms with van der Waals surface area (Å²) in [5, 5.41) is 9.28. The molecule has 1 aromatic carbocycles. The second-order valence-electron chi connectivity index (χ2n) is 3.55. The van der Waals surface area contributed by atoms with Crippen LogP contribution in [0.1, 0.15) is 19.4 Å². The van der Waals surface area contributed by atoms with E-state index in [0.717, 1.165) is 27.6 Å². The molecule has 2 rings (SSSR count). The van der Waals surface area contributed by atoms with E-state index in [1.165, 1.54) is 5.56 Å². The predicted octanol–water partition coefficient (Wildman–Crippen LogP) is 4.80. The molecule has 0 saturated heterocycles. The van der Waals surface area contributed by atoms with Gasteiger partial charge in [-0.3, -0.25) is 4.99 Å². The van der Waals surface area contributed by atoms with Crippen LogP contribution in [0.2, 0.25) is 0 Å². The number of benzene rings is 1. The van der Waals surface area contributed by atoms with Crippen molar-refractivity contribution < 1.29 is 0 Å². The first-order valence-corrected chi connectivity index (χ1v) is 8.63. The minimum atomic E-state index is 0.723. The van der Waals surface area contributed by atoms with Crippen molar-refractivity contribution in [3.8, 4) is 6.07 Å². The largest absolute Gasteiger partial charge is 0.251 e. The van der Waals surface area contributed by atoms with Crippen molar-refractivity contribution in [1.29, 1.82) is 5.26 Å². The highest BCUT2D eigenvalue weighted by atomic mass is 32.2. The van der Waals surface area contributed by atoms with Crippen LogP contribution < -0.4 is 0 Å². The molecule has 100 valence electrons. The maximum atomic E-state index is 9.28. The molecule has 2 nitrogen and oxygen atoms in total. The number of fused-ring (bicyclic) bond motifs is 1. The van der Waals surface area contributed by atoms with Gasteiger partial charge in [-0.25, -0.2) is 0 Å². The average molecular weight is 290 g/mol. The van der Waals surface area contributed by atoms with Crippen LogP contribution in [-0.4, -0.2) is 18.2 Å². The quantitative estimate of drug-likeness (QED) is 0.750. The Morgan fingerprint density at radius 3 is 2.37 bits per heavy atom. The molecule has 19 heavy (non-hydrogen) atoms. The van der Waals surface area contributed by atoms with Crippen LogP contribution in [-0.2, 0) is 6.42 Å². The van der Waals surface area contributed by atoms with Crippen LogP contribution >= 0.6 is 23.5 Å². The summed E-state index contributed by atoms with van der Waals surface area (Å²) in [6.45, 7) is 4.00. The monoisotopic (exact) mass is 290 g/mol. The Kier molecular flexibility index (Phi) is 6.75. The Bertz CT molecular complexity index is 533. The number of aliphatic imine (C=N–C) groups is 1. The molecule has 0 aromatic heterocycles. The van der Waals surface area contributed by atoms with E-state index >= 15 is 0 Å². The fourth-order valence-electron chi connectivity index (χ4n) is 1.79. The Labute approximate surface area is 124 Å². The van der Waals surface area contributed by atoms with Crippen molar-refractivity contribution in [2.24, 2.45) is 4.99 Å². The minimum absolute atomic E-state index is 0.723. The fourth-order valence-corrected chi connectivity index (χ4v) is 3.20. The van der Waals surface area contributed by atoms with Gasteiger partial charge < -0.3 is 0 Å². The van der Waals surface area contributed by atoms with E-state index in [9.17, 15) is 5.26 Å². The third kappa shape index (κ3) is 3.65. The normalized spacial score (nSPS) is 11.6. The molecule has 0 bridgehead atoms. The summed E-state index contributed by atoms with van der Waals surface area (Å²) in [7, 11) is 0. The second-order valence-corrected chi connectivity index (χ2v) is 5.44. The molecule has 0 amide bonds. The van der Waals surface area contributed by atoms with Gasteiger partial charge >= 0.3 is 0 Å². The molecule has 0 fully saturated rings. The van der Waals surface area contributed by atoms with Crippen LogP contribution in [0.25, 0.3) is 0 Å². The zero-order valence-corrected chi connectivity index (χ0v) is 13.4. The van der Waals surface area contributed by atoms with Gasteiger partial charge in [-0.15, -0.1) is 23.5 Å². The molecule has 0 radical (unpaired) electrons. The van der Waals surface area contributed by atoms with Gasteiger partial charge in [-0.05, 0) is 24.1 Å². The van der Waals surface area contributed by atoms with Crippen LogP contribution in [0.3, 0.4) is 0 Å². The van der Waals surface area contributed by atoms with E-state index < -0.39 is 0 Å². The SMILES string of the molecule is CC.CSC(SC)=C(C#N)C1=Nc2ccccc2C1. The molecule has 1 heterocycles. The molecule has 0 N–H and O–H groups in total. The van der Waals surface area contributed by atoms with Gasteiger partial charge in [0.1, 0.15) is 6.07 Å². The first-order valence-electron chi connectivity index (χ1n) is 6.18. The fraction of sp³-hybridized carbons (Fsp3) is 0.333. The maximum Gasteiger partial charge on any atom is 0.103 e. The van der Waals surface area contributed by atoms with Gasteiger partial charge in [0.15, 0.2) is 0 Å². The molecule has 1 aliphatic heterocycles. The van der Waals surface area contributed by atoms with Crippen molar-refractivity contribution in [3.05, 3.63) is 39.6 Å². The van der Waals surface area contributed by atoms with Gasteiger partial charge in [0.05, 0.1) is 21.2 Å². The van der Waals surface area contributed by atoms with Crippen LogP contribution in [0.5, 0.6) is 0 Å². The van der Waals surface area contributed by atoms with Crippen molar-refractivity contribution in [1.82, 2.24) is 0 Å². The smallest absolute Gasteiger partial charge is 0.103 e. The highest BCUT2D eigenvalue weighted by Crippen LogP contribution is 2.33. The van der Waals surface area contributed by atoms with E-state index in [1.807, 2.05) is 44.6 Å². The van der Waals surface area contributed by atoms with Gasteiger partial charge in [0, 0.05) is 6.42 Å². The first kappa shape index (κ1) is 15.9. The number of hydrogen-bond donors (Lipinski definition) is 0. The van der Waals surface area contributed by atoms with Crippen molar-refractivity contribution in [3.63, 3.8) is 0 Å². The molecule has 1 aliphatic rings. The highest BCUT2D eigenvalue weighted by Gasteiger charge is 2.19. The Hall–Kier alpha value is -1.18. The number of thioether (sulfide) groups is 2. The third-order valence-corrected chi connectivity index (χ3v) is 4.73. The zero-order valence-electron chi connectivity index (χ0n) is 11.7. The van der Waals surface area contributed by atoms with E-state index in [2.05, 4.69) is 17.1 Å². The molecule has 0 unspecified atom stereocenters. The van der Waals surface area contributed by atoms with E-state index in [4.69, 9.17) is 0 Å². The number of allylic oxidation sites excluding steroid dienone is 1. The van der Waals surface area contributed by atoms with Crippen molar-refractivity contribution in [2.75, 3.05) is 12.5 Å². The highest BCUT2D eigenvalue weighted by molar-refractivity contribution is 8.21. The van der Waals surface area contributed by atoms with Gasteiger partial charge in [0.2, 0.25) is 0 Å². The van der Waals surface area contributed by atoms with Crippen molar-refractivity contribution >= 4 is 34.9 Å². The van der Waals surface area contributed by atoms with E-state index in [1.54, 1.807) is 23.5 Å². The lowest BCUT2D eigenvalue weighted by Gasteiger charge is -2.04. The summed E-state index contributed by atoms with van der Waals surface area (Å²) in [4.78, 5) is 4.55. The second kappa shape index (κ2) is 8.08. The number of para-hydroxylation sites is 1. The number of rotatable bonds is 3. The van der Waals surface area contributed by atoms with Gasteiger partial charge in [-0.2, -0.15) is 5.26 Å². The summed E-state index contributed by atoms with van der Waals surface area (Å²) in [6.07, 6.45) is 4.75.